The number of rotatable bonds is 4. The molecule has 0 bridgehead atoms. The van der Waals surface area contributed by atoms with Crippen LogP contribution in [-0.2, 0) is 4.79 Å². The van der Waals surface area contributed by atoms with Crippen LogP contribution in [0.15, 0.2) is 4.99 Å². The fraction of sp³-hybridized carbons (Fsp3) is 0.867. The van der Waals surface area contributed by atoms with Gasteiger partial charge < -0.3 is 16.0 Å². The number of guanidine groups is 1. The third kappa shape index (κ3) is 5.91. The lowest BCUT2D eigenvalue weighted by Gasteiger charge is -2.32. The van der Waals surface area contributed by atoms with Crippen molar-refractivity contribution in [3.05, 3.63) is 0 Å². The van der Waals surface area contributed by atoms with Crippen LogP contribution in [-0.4, -0.2) is 44.7 Å². The van der Waals surface area contributed by atoms with E-state index in [1.54, 1.807) is 27.9 Å². The maximum absolute atomic E-state index is 12.7. The van der Waals surface area contributed by atoms with Gasteiger partial charge in [-0.1, -0.05) is 0 Å². The summed E-state index contributed by atoms with van der Waals surface area (Å²) < 4.78 is 38.0. The number of aliphatic imine (C=N–C) groups is 1. The molecular formula is C15H27F3N4O. The normalized spacial score (nSPS) is 23.3. The van der Waals surface area contributed by atoms with Crippen LogP contribution in [0.3, 0.4) is 0 Å². The van der Waals surface area contributed by atoms with E-state index in [9.17, 15) is 18.0 Å². The molecule has 1 fully saturated rings. The highest BCUT2D eigenvalue weighted by Crippen LogP contribution is 2.37. The zero-order chi connectivity index (χ0) is 17.7. The number of carbonyl (C=O) groups excluding carboxylic acids is 1. The van der Waals surface area contributed by atoms with Gasteiger partial charge in [-0.3, -0.25) is 9.79 Å². The molecule has 5 nitrogen and oxygen atoms in total. The van der Waals surface area contributed by atoms with E-state index in [1.165, 1.54) is 0 Å². The van der Waals surface area contributed by atoms with Gasteiger partial charge in [0.05, 0.1) is 11.3 Å². The molecule has 0 radical (unpaired) electrons. The zero-order valence-corrected chi connectivity index (χ0v) is 14.2. The summed E-state index contributed by atoms with van der Waals surface area (Å²) in [5, 5.41) is 8.82. The smallest absolute Gasteiger partial charge is 0.359 e. The van der Waals surface area contributed by atoms with Crippen molar-refractivity contribution in [2.45, 2.75) is 51.7 Å². The van der Waals surface area contributed by atoms with E-state index < -0.39 is 17.5 Å². The number of carbonyl (C=O) groups is 1. The molecule has 134 valence electrons. The van der Waals surface area contributed by atoms with Crippen molar-refractivity contribution in [1.82, 2.24) is 16.0 Å². The summed E-state index contributed by atoms with van der Waals surface area (Å²) in [6.07, 6.45) is -2.89. The second-order valence-electron chi connectivity index (χ2n) is 6.62. The molecule has 0 saturated heterocycles. The molecule has 1 rings (SSSR count). The lowest BCUT2D eigenvalue weighted by molar-refractivity contribution is -0.182. The molecular weight excluding hydrogens is 309 g/mol. The van der Waals surface area contributed by atoms with Crippen molar-refractivity contribution < 1.29 is 18.0 Å². The van der Waals surface area contributed by atoms with Crippen molar-refractivity contribution >= 4 is 11.9 Å². The third-order valence-electron chi connectivity index (χ3n) is 4.29. The quantitative estimate of drug-likeness (QED) is 0.544. The first-order valence-electron chi connectivity index (χ1n) is 7.86. The van der Waals surface area contributed by atoms with Crippen LogP contribution >= 0.6 is 0 Å². The molecule has 0 unspecified atom stereocenters. The molecule has 3 N–H and O–H groups in total. The van der Waals surface area contributed by atoms with Gasteiger partial charge in [-0.15, -0.1) is 0 Å². The molecule has 1 aliphatic carbocycles. The summed E-state index contributed by atoms with van der Waals surface area (Å²) in [6, 6.07) is -0.0251. The van der Waals surface area contributed by atoms with Gasteiger partial charge in [0, 0.05) is 26.7 Å². The largest absolute Gasteiger partial charge is 0.391 e. The molecule has 8 heteroatoms. The highest BCUT2D eigenvalue weighted by atomic mass is 19.4. The molecule has 1 saturated carbocycles. The molecule has 0 aromatic carbocycles. The SMILES string of the molecule is CN=C(NCC(C)(C)C(=O)NC)NC1CCC(C(F)(F)F)CC1. The number of hydrogen-bond acceptors (Lipinski definition) is 2. The van der Waals surface area contributed by atoms with Gasteiger partial charge in [-0.05, 0) is 39.5 Å². The van der Waals surface area contributed by atoms with Crippen molar-refractivity contribution in [3.63, 3.8) is 0 Å². The monoisotopic (exact) mass is 336 g/mol. The van der Waals surface area contributed by atoms with Crippen molar-refractivity contribution in [2.75, 3.05) is 20.6 Å². The Morgan fingerprint density at radius 1 is 1.17 bits per heavy atom. The van der Waals surface area contributed by atoms with E-state index in [0.29, 0.717) is 25.3 Å². The molecule has 0 atom stereocenters. The Kier molecular flexibility index (Phi) is 6.70. The minimum absolute atomic E-state index is 0.0251. The summed E-state index contributed by atoms with van der Waals surface area (Å²) in [7, 11) is 3.18. The van der Waals surface area contributed by atoms with E-state index in [2.05, 4.69) is 20.9 Å². The van der Waals surface area contributed by atoms with Crippen LogP contribution in [0, 0.1) is 11.3 Å². The lowest BCUT2D eigenvalue weighted by atomic mass is 9.85. The predicted octanol–water partition coefficient (Wildman–Crippen LogP) is 2.04. The van der Waals surface area contributed by atoms with Gasteiger partial charge in [0.15, 0.2) is 5.96 Å². The maximum atomic E-state index is 12.7. The van der Waals surface area contributed by atoms with Gasteiger partial charge in [-0.2, -0.15) is 13.2 Å². The standard InChI is InChI=1S/C15H27F3N4O/c1-14(2,12(23)19-3)9-21-13(20-4)22-11-7-5-10(6-8-11)15(16,17)18/h10-11H,5-9H2,1-4H3,(H,19,23)(H2,20,21,22). The van der Waals surface area contributed by atoms with Crippen LogP contribution in [0.25, 0.3) is 0 Å². The van der Waals surface area contributed by atoms with E-state index in [4.69, 9.17) is 0 Å². The van der Waals surface area contributed by atoms with Crippen LogP contribution in [0.5, 0.6) is 0 Å². The Balaban J connectivity index is 2.45. The molecule has 0 aromatic rings. The number of halogens is 3. The van der Waals surface area contributed by atoms with E-state index in [-0.39, 0.29) is 24.8 Å². The number of amides is 1. The van der Waals surface area contributed by atoms with Crippen LogP contribution in [0.4, 0.5) is 13.2 Å². The second-order valence-corrected chi connectivity index (χ2v) is 6.62. The van der Waals surface area contributed by atoms with Crippen molar-refractivity contribution in [3.8, 4) is 0 Å². The van der Waals surface area contributed by atoms with Gasteiger partial charge in [0.2, 0.25) is 5.91 Å². The topological polar surface area (TPSA) is 65.5 Å². The Morgan fingerprint density at radius 3 is 2.17 bits per heavy atom. The number of nitrogens with one attached hydrogen (secondary N) is 3. The molecule has 0 aromatic heterocycles. The number of nitrogens with zero attached hydrogens (tertiary/aromatic N) is 1. The fourth-order valence-corrected chi connectivity index (χ4v) is 2.68. The minimum Gasteiger partial charge on any atom is -0.359 e. The average Bonchev–Trinajstić information content (AvgIpc) is 2.50. The zero-order valence-electron chi connectivity index (χ0n) is 14.2. The first kappa shape index (κ1) is 19.6. The van der Waals surface area contributed by atoms with Crippen LogP contribution in [0.1, 0.15) is 39.5 Å². The van der Waals surface area contributed by atoms with Crippen LogP contribution < -0.4 is 16.0 Å². The maximum Gasteiger partial charge on any atom is 0.391 e. The molecule has 0 spiro atoms. The van der Waals surface area contributed by atoms with Crippen molar-refractivity contribution in [1.29, 1.82) is 0 Å². The average molecular weight is 336 g/mol. The highest BCUT2D eigenvalue weighted by molar-refractivity contribution is 5.84. The Hall–Kier alpha value is -1.47. The van der Waals surface area contributed by atoms with Gasteiger partial charge >= 0.3 is 6.18 Å². The Bertz CT molecular complexity index is 427. The molecule has 0 heterocycles. The van der Waals surface area contributed by atoms with E-state index >= 15 is 0 Å². The fourth-order valence-electron chi connectivity index (χ4n) is 2.68. The van der Waals surface area contributed by atoms with E-state index in [1.807, 2.05) is 0 Å². The lowest BCUT2D eigenvalue weighted by Crippen LogP contribution is -2.50. The molecule has 23 heavy (non-hydrogen) atoms. The molecule has 1 aliphatic rings. The summed E-state index contributed by atoms with van der Waals surface area (Å²) >= 11 is 0. The summed E-state index contributed by atoms with van der Waals surface area (Å²) in [5.74, 6) is -0.772. The van der Waals surface area contributed by atoms with Gasteiger partial charge in [0.25, 0.3) is 0 Å². The third-order valence-corrected chi connectivity index (χ3v) is 4.29. The first-order valence-corrected chi connectivity index (χ1v) is 7.86. The highest BCUT2D eigenvalue weighted by Gasteiger charge is 2.41. The summed E-state index contributed by atoms with van der Waals surface area (Å²) in [5.41, 5.74) is -0.611. The molecule has 0 aliphatic heterocycles. The summed E-state index contributed by atoms with van der Waals surface area (Å²) in [6.45, 7) is 3.99. The van der Waals surface area contributed by atoms with E-state index in [0.717, 1.165) is 0 Å². The summed E-state index contributed by atoms with van der Waals surface area (Å²) in [4.78, 5) is 15.8. The number of alkyl halides is 3. The van der Waals surface area contributed by atoms with Gasteiger partial charge in [-0.25, -0.2) is 0 Å². The predicted molar refractivity (Wildman–Crippen MR) is 84.1 cm³/mol. The molecule has 1 amide bonds. The minimum atomic E-state index is -4.09. The Morgan fingerprint density at radius 2 is 1.74 bits per heavy atom. The second kappa shape index (κ2) is 7.88. The van der Waals surface area contributed by atoms with Crippen LogP contribution in [0.2, 0.25) is 0 Å². The number of hydrogen-bond donors (Lipinski definition) is 3. The van der Waals surface area contributed by atoms with Gasteiger partial charge in [0.1, 0.15) is 0 Å². The van der Waals surface area contributed by atoms with Crippen molar-refractivity contribution in [2.24, 2.45) is 16.3 Å². The Labute approximate surface area is 135 Å². The first-order chi connectivity index (χ1) is 10.6.